The van der Waals surface area contributed by atoms with Crippen molar-refractivity contribution in [2.75, 3.05) is 13.1 Å². The van der Waals surface area contributed by atoms with Crippen LogP contribution in [0.25, 0.3) is 0 Å². The number of rotatable bonds is 2. The van der Waals surface area contributed by atoms with Crippen LogP contribution < -0.4 is 5.73 Å². The van der Waals surface area contributed by atoms with Crippen molar-refractivity contribution in [3.05, 3.63) is 21.9 Å². The van der Waals surface area contributed by atoms with Crippen molar-refractivity contribution in [2.24, 2.45) is 18.7 Å². The molecule has 19 heavy (non-hydrogen) atoms. The highest BCUT2D eigenvalue weighted by atomic mass is 35.5. The largest absolute Gasteiger partial charge is 0.369 e. The highest BCUT2D eigenvalue weighted by Gasteiger charge is 2.29. The molecule has 7 heteroatoms. The Bertz CT molecular complexity index is 527. The summed E-state index contributed by atoms with van der Waals surface area (Å²) in [6.45, 7) is 0.970. The van der Waals surface area contributed by atoms with Gasteiger partial charge in [-0.15, -0.1) is 0 Å². The number of hydrogen-bond acceptors (Lipinski definition) is 2. The van der Waals surface area contributed by atoms with E-state index in [0.29, 0.717) is 29.0 Å². The van der Waals surface area contributed by atoms with Crippen molar-refractivity contribution in [3.63, 3.8) is 0 Å². The van der Waals surface area contributed by atoms with Crippen molar-refractivity contribution < 1.29 is 9.59 Å². The van der Waals surface area contributed by atoms with E-state index < -0.39 is 0 Å². The molecule has 1 fully saturated rings. The lowest BCUT2D eigenvalue weighted by atomic mass is 9.97. The smallest absolute Gasteiger partial charge is 0.270 e. The van der Waals surface area contributed by atoms with E-state index in [4.69, 9.17) is 28.9 Å². The predicted octanol–water partition coefficient (Wildman–Crippen LogP) is 1.67. The maximum atomic E-state index is 12.4. The van der Waals surface area contributed by atoms with E-state index in [9.17, 15) is 9.59 Å². The Morgan fingerprint density at radius 3 is 2.63 bits per heavy atom. The van der Waals surface area contributed by atoms with Crippen LogP contribution >= 0.6 is 23.2 Å². The monoisotopic (exact) mass is 303 g/mol. The molecule has 2 heterocycles. The molecule has 1 aromatic heterocycles. The number of halogens is 2. The molecule has 0 bridgehead atoms. The molecule has 0 unspecified atom stereocenters. The maximum absolute atomic E-state index is 12.4. The van der Waals surface area contributed by atoms with Crippen LogP contribution in [0.4, 0.5) is 0 Å². The first-order chi connectivity index (χ1) is 8.91. The molecule has 2 rings (SSSR count). The van der Waals surface area contributed by atoms with E-state index in [0.717, 1.165) is 12.8 Å². The summed E-state index contributed by atoms with van der Waals surface area (Å²) < 4.78 is 1.54. The Kier molecular flexibility index (Phi) is 4.06. The maximum Gasteiger partial charge on any atom is 0.270 e. The summed E-state index contributed by atoms with van der Waals surface area (Å²) in [5.41, 5.74) is 5.72. The van der Waals surface area contributed by atoms with Crippen molar-refractivity contribution in [1.29, 1.82) is 0 Å². The number of amides is 2. The molecular weight excluding hydrogens is 289 g/mol. The average molecular weight is 304 g/mol. The molecule has 0 aliphatic carbocycles. The third-order valence-corrected chi connectivity index (χ3v) is 4.29. The van der Waals surface area contributed by atoms with Crippen LogP contribution in [0.1, 0.15) is 23.3 Å². The highest BCUT2D eigenvalue weighted by Crippen LogP contribution is 2.27. The Hall–Kier alpha value is -1.20. The van der Waals surface area contributed by atoms with Crippen molar-refractivity contribution in [1.82, 2.24) is 9.47 Å². The minimum absolute atomic E-state index is 0.178. The number of carbonyl (C=O) groups is 2. The summed E-state index contributed by atoms with van der Waals surface area (Å²) in [6, 6.07) is 1.54. The lowest BCUT2D eigenvalue weighted by Crippen LogP contribution is -2.44. The molecule has 104 valence electrons. The number of primary amides is 1. The van der Waals surface area contributed by atoms with Gasteiger partial charge in [0.25, 0.3) is 5.91 Å². The summed E-state index contributed by atoms with van der Waals surface area (Å²) >= 11 is 11.8. The fraction of sp³-hybridized carbons (Fsp3) is 0.500. The summed E-state index contributed by atoms with van der Waals surface area (Å²) in [7, 11) is 1.68. The van der Waals surface area contributed by atoms with Gasteiger partial charge < -0.3 is 15.2 Å². The number of hydrogen-bond donors (Lipinski definition) is 1. The molecule has 0 radical (unpaired) electrons. The lowest BCUT2D eigenvalue weighted by molar-refractivity contribution is -0.123. The van der Waals surface area contributed by atoms with Crippen LogP contribution in [0.5, 0.6) is 0 Å². The van der Waals surface area contributed by atoms with E-state index in [1.165, 1.54) is 0 Å². The average Bonchev–Trinajstić information content (AvgIpc) is 2.66. The van der Waals surface area contributed by atoms with Gasteiger partial charge in [0.1, 0.15) is 10.8 Å². The van der Waals surface area contributed by atoms with Crippen LogP contribution in [-0.2, 0) is 11.8 Å². The summed E-state index contributed by atoms with van der Waals surface area (Å²) in [5.74, 6) is -0.813. The normalized spacial score (nSPS) is 19.5. The second kappa shape index (κ2) is 5.43. The Labute approximate surface area is 121 Å². The zero-order valence-electron chi connectivity index (χ0n) is 10.5. The molecule has 0 aromatic carbocycles. The van der Waals surface area contributed by atoms with Gasteiger partial charge in [-0.2, -0.15) is 0 Å². The van der Waals surface area contributed by atoms with E-state index >= 15 is 0 Å². The summed E-state index contributed by atoms with van der Waals surface area (Å²) in [6.07, 6.45) is 1.50. The molecule has 2 N–H and O–H groups in total. The van der Waals surface area contributed by atoms with Gasteiger partial charge in [0.15, 0.2) is 0 Å². The van der Waals surface area contributed by atoms with Gasteiger partial charge in [0, 0.05) is 20.1 Å². The van der Waals surface area contributed by atoms with E-state index in [-0.39, 0.29) is 17.7 Å². The molecule has 0 spiro atoms. The Balaban J connectivity index is 2.19. The molecule has 1 aliphatic heterocycles. The van der Waals surface area contributed by atoms with Crippen molar-refractivity contribution in [2.45, 2.75) is 12.8 Å². The van der Waals surface area contributed by atoms with Crippen LogP contribution in [0.2, 0.25) is 10.2 Å². The first-order valence-corrected chi connectivity index (χ1v) is 6.76. The number of nitrogens with two attached hydrogens (primary N) is 1. The topological polar surface area (TPSA) is 68.3 Å². The van der Waals surface area contributed by atoms with Crippen LogP contribution in [-0.4, -0.2) is 34.4 Å². The Morgan fingerprint density at radius 1 is 1.42 bits per heavy atom. The zero-order valence-corrected chi connectivity index (χ0v) is 12.0. The van der Waals surface area contributed by atoms with Crippen LogP contribution in [0.15, 0.2) is 6.07 Å². The first-order valence-electron chi connectivity index (χ1n) is 6.01. The van der Waals surface area contributed by atoms with Crippen LogP contribution in [0.3, 0.4) is 0 Å². The quantitative estimate of drug-likeness (QED) is 0.903. The SMILES string of the molecule is Cn1c(C(=O)N2CCC[C@H](C(N)=O)C2)cc(Cl)c1Cl. The van der Waals surface area contributed by atoms with E-state index in [1.807, 2.05) is 0 Å². The molecular formula is C12H15Cl2N3O2. The fourth-order valence-corrected chi connectivity index (χ4v) is 2.68. The van der Waals surface area contributed by atoms with Gasteiger partial charge in [-0.1, -0.05) is 23.2 Å². The summed E-state index contributed by atoms with van der Waals surface area (Å²) in [5, 5.41) is 0.671. The highest BCUT2D eigenvalue weighted by molar-refractivity contribution is 6.41. The second-order valence-electron chi connectivity index (χ2n) is 4.72. The lowest BCUT2D eigenvalue weighted by Gasteiger charge is -2.31. The van der Waals surface area contributed by atoms with Crippen LogP contribution in [0, 0.1) is 5.92 Å². The molecule has 5 nitrogen and oxygen atoms in total. The zero-order chi connectivity index (χ0) is 14.2. The van der Waals surface area contributed by atoms with Gasteiger partial charge in [-0.05, 0) is 18.9 Å². The minimum atomic E-state index is -0.361. The van der Waals surface area contributed by atoms with E-state index in [1.54, 1.807) is 22.6 Å². The summed E-state index contributed by atoms with van der Waals surface area (Å²) in [4.78, 5) is 25.2. The van der Waals surface area contributed by atoms with Gasteiger partial charge in [-0.3, -0.25) is 9.59 Å². The number of piperidine rings is 1. The van der Waals surface area contributed by atoms with E-state index in [2.05, 4.69) is 0 Å². The minimum Gasteiger partial charge on any atom is -0.369 e. The van der Waals surface area contributed by atoms with Gasteiger partial charge in [-0.25, -0.2) is 0 Å². The van der Waals surface area contributed by atoms with Gasteiger partial charge in [0.05, 0.1) is 10.9 Å². The number of carbonyl (C=O) groups excluding carboxylic acids is 2. The molecule has 1 aliphatic rings. The number of aromatic nitrogens is 1. The Morgan fingerprint density at radius 2 is 2.11 bits per heavy atom. The molecule has 1 atom stereocenters. The number of likely N-dealkylation sites (tertiary alicyclic amines) is 1. The molecule has 2 amide bonds. The standard InChI is InChI=1S/C12H15Cl2N3O2/c1-16-9(5-8(13)10(16)14)12(19)17-4-2-3-7(6-17)11(15)18/h5,7H,2-4,6H2,1H3,(H2,15,18)/t7-/m0/s1. The van der Waals surface area contributed by atoms with Gasteiger partial charge in [0.2, 0.25) is 5.91 Å². The molecule has 1 saturated heterocycles. The molecule has 1 aromatic rings. The fourth-order valence-electron chi connectivity index (χ4n) is 2.30. The van der Waals surface area contributed by atoms with Crippen molar-refractivity contribution >= 4 is 35.0 Å². The third kappa shape index (κ3) is 2.72. The second-order valence-corrected chi connectivity index (χ2v) is 5.49. The number of nitrogens with zero attached hydrogens (tertiary/aromatic N) is 2. The third-order valence-electron chi connectivity index (χ3n) is 3.45. The first kappa shape index (κ1) is 14.2. The van der Waals surface area contributed by atoms with Crippen molar-refractivity contribution in [3.8, 4) is 0 Å². The van der Waals surface area contributed by atoms with Gasteiger partial charge >= 0.3 is 0 Å². The molecule has 0 saturated carbocycles. The predicted molar refractivity (Wildman–Crippen MR) is 73.3 cm³/mol.